The lowest BCUT2D eigenvalue weighted by Crippen LogP contribution is -2.09. The van der Waals surface area contributed by atoms with E-state index in [4.69, 9.17) is 23.2 Å². The average Bonchev–Trinajstić information content (AvgIpc) is 2.94. The summed E-state index contributed by atoms with van der Waals surface area (Å²) < 4.78 is 26.7. The first kappa shape index (κ1) is 13.0. The molecule has 0 saturated carbocycles. The van der Waals surface area contributed by atoms with Crippen LogP contribution in [0.15, 0.2) is 46.8 Å². The summed E-state index contributed by atoms with van der Waals surface area (Å²) in [5.74, 6) is 0. The van der Waals surface area contributed by atoms with E-state index in [1.54, 1.807) is 18.2 Å². The molecule has 2 aromatic heterocycles. The van der Waals surface area contributed by atoms with Crippen LogP contribution in [-0.4, -0.2) is 12.4 Å². The number of aromatic nitrogens is 1. The normalized spacial score (nSPS) is 12.1. The highest BCUT2D eigenvalue weighted by Gasteiger charge is 2.22. The van der Waals surface area contributed by atoms with Crippen LogP contribution in [0.5, 0.6) is 0 Å². The van der Waals surface area contributed by atoms with Crippen molar-refractivity contribution in [3.8, 4) is 0 Å². The lowest BCUT2D eigenvalue weighted by molar-refractivity contribution is 0.591. The molecule has 3 rings (SSSR count). The average molecular weight is 332 g/mol. The molecule has 0 aliphatic carbocycles. The molecule has 0 spiro atoms. The molecule has 0 amide bonds. The molecular weight excluding hydrogens is 325 g/mol. The van der Waals surface area contributed by atoms with Crippen molar-refractivity contribution in [1.82, 2.24) is 3.97 Å². The number of halogens is 2. The molecule has 0 aliphatic rings. The molecule has 3 nitrogen and oxygen atoms in total. The van der Waals surface area contributed by atoms with Crippen molar-refractivity contribution in [2.24, 2.45) is 0 Å². The summed E-state index contributed by atoms with van der Waals surface area (Å²) in [6.45, 7) is 0. The Morgan fingerprint density at radius 1 is 1.11 bits per heavy atom. The van der Waals surface area contributed by atoms with Gasteiger partial charge in [0.2, 0.25) is 0 Å². The Morgan fingerprint density at radius 3 is 2.53 bits per heavy atom. The quantitative estimate of drug-likeness (QED) is 0.704. The first-order valence-electron chi connectivity index (χ1n) is 5.26. The maximum absolute atomic E-state index is 12.5. The van der Waals surface area contributed by atoms with Gasteiger partial charge in [-0.1, -0.05) is 41.4 Å². The minimum Gasteiger partial charge on any atom is -0.240 e. The summed E-state index contributed by atoms with van der Waals surface area (Å²) in [7, 11) is -3.66. The number of benzene rings is 1. The van der Waals surface area contributed by atoms with E-state index < -0.39 is 10.0 Å². The van der Waals surface area contributed by atoms with Gasteiger partial charge < -0.3 is 0 Å². The van der Waals surface area contributed by atoms with Crippen LogP contribution in [0.25, 0.3) is 10.9 Å². The van der Waals surface area contributed by atoms with E-state index in [0.29, 0.717) is 5.52 Å². The van der Waals surface area contributed by atoms with Gasteiger partial charge in [0.15, 0.2) is 0 Å². The molecule has 19 heavy (non-hydrogen) atoms. The molecule has 0 saturated heterocycles. The molecule has 0 atom stereocenters. The Labute approximate surface area is 124 Å². The van der Waals surface area contributed by atoms with Gasteiger partial charge in [0.1, 0.15) is 8.55 Å². The predicted molar refractivity (Wildman–Crippen MR) is 78.9 cm³/mol. The summed E-state index contributed by atoms with van der Waals surface area (Å²) in [6.07, 6.45) is 1.53. The lowest BCUT2D eigenvalue weighted by atomic mass is 10.3. The van der Waals surface area contributed by atoms with E-state index in [2.05, 4.69) is 0 Å². The molecular formula is C12H7Cl2NO2S2. The van der Waals surface area contributed by atoms with Crippen molar-refractivity contribution >= 4 is 55.5 Å². The standard InChI is InChI=1S/C12H7Cl2NO2S2/c13-9-7-11(18-12(9)14)19(16,17)15-6-5-8-3-1-2-4-10(8)15/h1-7H. The van der Waals surface area contributed by atoms with Crippen LogP contribution in [0.1, 0.15) is 0 Å². The van der Waals surface area contributed by atoms with Gasteiger partial charge in [0.05, 0.1) is 10.5 Å². The number of hydrogen-bond donors (Lipinski definition) is 0. The number of rotatable bonds is 2. The molecule has 7 heteroatoms. The van der Waals surface area contributed by atoms with Gasteiger partial charge >= 0.3 is 0 Å². The second kappa shape index (κ2) is 4.52. The van der Waals surface area contributed by atoms with Crippen LogP contribution in [0.2, 0.25) is 9.36 Å². The van der Waals surface area contributed by atoms with Crippen LogP contribution in [-0.2, 0) is 10.0 Å². The zero-order valence-electron chi connectivity index (χ0n) is 9.38. The largest absolute Gasteiger partial charge is 0.277 e. The van der Waals surface area contributed by atoms with Crippen molar-refractivity contribution in [3.63, 3.8) is 0 Å². The SMILES string of the molecule is O=S(=O)(c1cc(Cl)c(Cl)s1)n1ccc2ccccc21. The molecule has 3 aromatic rings. The number of fused-ring (bicyclic) bond motifs is 1. The Morgan fingerprint density at radius 2 is 1.84 bits per heavy atom. The van der Waals surface area contributed by atoms with Crippen molar-refractivity contribution in [2.75, 3.05) is 0 Å². The molecule has 0 aliphatic heterocycles. The second-order valence-corrected chi connectivity index (χ2v) is 7.97. The highest BCUT2D eigenvalue weighted by Crippen LogP contribution is 2.36. The molecule has 1 aromatic carbocycles. The summed E-state index contributed by atoms with van der Waals surface area (Å²) in [6, 6.07) is 10.4. The van der Waals surface area contributed by atoms with Gasteiger partial charge in [0, 0.05) is 11.6 Å². The third-order valence-corrected chi connectivity index (χ3v) is 6.70. The van der Waals surface area contributed by atoms with E-state index in [9.17, 15) is 8.42 Å². The zero-order chi connectivity index (χ0) is 13.6. The van der Waals surface area contributed by atoms with E-state index in [1.165, 1.54) is 16.2 Å². The molecule has 0 N–H and O–H groups in total. The highest BCUT2D eigenvalue weighted by atomic mass is 35.5. The van der Waals surface area contributed by atoms with E-state index in [0.717, 1.165) is 16.7 Å². The second-order valence-electron chi connectivity index (χ2n) is 3.86. The van der Waals surface area contributed by atoms with Crippen LogP contribution in [0.3, 0.4) is 0 Å². The van der Waals surface area contributed by atoms with Crippen molar-refractivity contribution in [2.45, 2.75) is 4.21 Å². The summed E-state index contributed by atoms with van der Waals surface area (Å²) in [5, 5.41) is 1.11. The van der Waals surface area contributed by atoms with E-state index in [-0.39, 0.29) is 13.6 Å². The van der Waals surface area contributed by atoms with Gasteiger partial charge in [0.25, 0.3) is 10.0 Å². The fraction of sp³-hybridized carbons (Fsp3) is 0. The predicted octanol–water partition coefficient (Wildman–Crippen LogP) is 4.25. The summed E-state index contributed by atoms with van der Waals surface area (Å²) in [4.78, 5) is 0. The summed E-state index contributed by atoms with van der Waals surface area (Å²) in [5.41, 5.74) is 0.628. The van der Waals surface area contributed by atoms with Crippen LogP contribution < -0.4 is 0 Å². The Balaban J connectivity index is 2.25. The number of para-hydroxylation sites is 1. The van der Waals surface area contributed by atoms with Gasteiger partial charge in [-0.25, -0.2) is 3.97 Å². The van der Waals surface area contributed by atoms with Crippen LogP contribution >= 0.6 is 34.5 Å². The molecule has 0 bridgehead atoms. The zero-order valence-corrected chi connectivity index (χ0v) is 12.5. The first-order chi connectivity index (χ1) is 9.00. The lowest BCUT2D eigenvalue weighted by Gasteiger charge is -2.04. The smallest absolute Gasteiger partial charge is 0.240 e. The highest BCUT2D eigenvalue weighted by molar-refractivity contribution is 7.92. The number of thiophene rings is 1. The molecule has 2 heterocycles. The van der Waals surface area contributed by atoms with Crippen molar-refractivity contribution in [1.29, 1.82) is 0 Å². The Hall–Kier alpha value is -1.01. The van der Waals surface area contributed by atoms with Crippen LogP contribution in [0.4, 0.5) is 0 Å². The summed E-state index contributed by atoms with van der Waals surface area (Å²) >= 11 is 12.6. The van der Waals surface area contributed by atoms with Gasteiger partial charge in [-0.15, -0.1) is 11.3 Å². The van der Waals surface area contributed by atoms with Crippen molar-refractivity contribution in [3.05, 3.63) is 52.0 Å². The fourth-order valence-electron chi connectivity index (χ4n) is 1.82. The topological polar surface area (TPSA) is 39.1 Å². The minimum atomic E-state index is -3.66. The third kappa shape index (κ3) is 2.07. The monoisotopic (exact) mass is 331 g/mol. The minimum absolute atomic E-state index is 0.129. The maximum Gasteiger partial charge on any atom is 0.277 e. The Kier molecular flexibility index (Phi) is 3.09. The third-order valence-electron chi connectivity index (χ3n) is 2.70. The van der Waals surface area contributed by atoms with Gasteiger partial charge in [-0.3, -0.25) is 0 Å². The molecule has 0 radical (unpaired) electrons. The molecule has 98 valence electrons. The maximum atomic E-state index is 12.5. The van der Waals surface area contributed by atoms with Gasteiger partial charge in [-0.2, -0.15) is 8.42 Å². The molecule has 0 fully saturated rings. The van der Waals surface area contributed by atoms with E-state index in [1.807, 2.05) is 12.1 Å². The first-order valence-corrected chi connectivity index (χ1v) is 8.28. The van der Waals surface area contributed by atoms with E-state index >= 15 is 0 Å². The number of nitrogens with zero attached hydrogens (tertiary/aromatic N) is 1. The van der Waals surface area contributed by atoms with Gasteiger partial charge in [-0.05, 0) is 18.2 Å². The fourth-order valence-corrected chi connectivity index (χ4v) is 5.14. The molecule has 0 unspecified atom stereocenters. The number of hydrogen-bond acceptors (Lipinski definition) is 3. The van der Waals surface area contributed by atoms with Crippen LogP contribution in [0, 0.1) is 0 Å². The van der Waals surface area contributed by atoms with Crippen molar-refractivity contribution < 1.29 is 8.42 Å². The Bertz CT molecular complexity index is 845.